The Kier molecular flexibility index (Phi) is 5.15. The number of rotatable bonds is 7. The first-order valence-electron chi connectivity index (χ1n) is 6.91. The lowest BCUT2D eigenvalue weighted by molar-refractivity contribution is -0.145. The fraction of sp³-hybridized carbons (Fsp3) is 0.400. The summed E-state index contributed by atoms with van der Waals surface area (Å²) < 4.78 is 5.11. The molecular weight excluding hydrogens is 254 g/mol. The normalized spacial score (nSPS) is 12.5. The van der Waals surface area contributed by atoms with E-state index in [2.05, 4.69) is 10.3 Å². The molecule has 1 aromatic heterocycles. The van der Waals surface area contributed by atoms with Crippen molar-refractivity contribution in [2.24, 2.45) is 5.73 Å². The molecule has 0 aliphatic carbocycles. The van der Waals surface area contributed by atoms with Crippen LogP contribution >= 0.6 is 0 Å². The van der Waals surface area contributed by atoms with E-state index >= 15 is 0 Å². The molecule has 0 amide bonds. The maximum absolute atomic E-state index is 12.0. The number of H-pyrrole nitrogens is 1. The van der Waals surface area contributed by atoms with E-state index in [1.165, 1.54) is 0 Å². The molecule has 0 bridgehead atoms. The fourth-order valence-corrected chi connectivity index (χ4v) is 2.26. The predicted octanol–water partition coefficient (Wildman–Crippen LogP) is 1.19. The number of aromatic nitrogens is 1. The highest BCUT2D eigenvalue weighted by Crippen LogP contribution is 2.19. The first-order valence-corrected chi connectivity index (χ1v) is 6.91. The Bertz CT molecular complexity index is 565. The number of carbonyl (C=O) groups is 1. The molecule has 1 unspecified atom stereocenters. The van der Waals surface area contributed by atoms with Crippen molar-refractivity contribution < 1.29 is 9.53 Å². The highest BCUT2D eigenvalue weighted by Gasteiger charge is 2.20. The van der Waals surface area contributed by atoms with Gasteiger partial charge in [-0.2, -0.15) is 0 Å². The highest BCUT2D eigenvalue weighted by molar-refractivity contribution is 5.84. The maximum atomic E-state index is 12.0. The van der Waals surface area contributed by atoms with Gasteiger partial charge in [-0.15, -0.1) is 0 Å². The minimum absolute atomic E-state index is 0.230. The molecule has 2 aromatic rings. The van der Waals surface area contributed by atoms with E-state index in [4.69, 9.17) is 10.5 Å². The van der Waals surface area contributed by atoms with Gasteiger partial charge in [-0.3, -0.25) is 4.79 Å². The van der Waals surface area contributed by atoms with Crippen LogP contribution in [-0.2, 0) is 16.0 Å². The molecule has 0 radical (unpaired) electrons. The standard InChI is InChI=1S/C15H21N3O2/c1-2-20-15(19)14(17-8-7-16)9-11-10-18-13-6-4-3-5-12(11)13/h3-6,10,14,17-18H,2,7-9,16H2,1H3. The van der Waals surface area contributed by atoms with Gasteiger partial charge in [0.1, 0.15) is 6.04 Å². The van der Waals surface area contributed by atoms with Crippen molar-refractivity contribution in [1.82, 2.24) is 10.3 Å². The average Bonchev–Trinajstić information content (AvgIpc) is 2.87. The van der Waals surface area contributed by atoms with E-state index in [1.54, 1.807) is 0 Å². The zero-order valence-corrected chi connectivity index (χ0v) is 11.7. The summed E-state index contributed by atoms with van der Waals surface area (Å²) in [5, 5.41) is 4.28. The van der Waals surface area contributed by atoms with Crippen LogP contribution in [0.5, 0.6) is 0 Å². The molecular formula is C15H21N3O2. The topological polar surface area (TPSA) is 80.1 Å². The van der Waals surface area contributed by atoms with Gasteiger partial charge in [0.2, 0.25) is 0 Å². The Hall–Kier alpha value is -1.85. The van der Waals surface area contributed by atoms with Gasteiger partial charge < -0.3 is 20.8 Å². The Morgan fingerprint density at radius 3 is 3.00 bits per heavy atom. The third-order valence-corrected chi connectivity index (χ3v) is 3.21. The zero-order valence-electron chi connectivity index (χ0n) is 11.7. The third-order valence-electron chi connectivity index (χ3n) is 3.21. The maximum Gasteiger partial charge on any atom is 0.323 e. The third kappa shape index (κ3) is 3.37. The summed E-state index contributed by atoms with van der Waals surface area (Å²) in [7, 11) is 0. The number of nitrogens with two attached hydrogens (primary N) is 1. The molecule has 4 N–H and O–H groups in total. The van der Waals surface area contributed by atoms with Crippen molar-refractivity contribution in [2.75, 3.05) is 19.7 Å². The molecule has 0 aliphatic heterocycles. The zero-order chi connectivity index (χ0) is 14.4. The number of para-hydroxylation sites is 1. The molecule has 0 spiro atoms. The number of aromatic amines is 1. The Morgan fingerprint density at radius 2 is 2.25 bits per heavy atom. The average molecular weight is 275 g/mol. The van der Waals surface area contributed by atoms with Gasteiger partial charge >= 0.3 is 5.97 Å². The van der Waals surface area contributed by atoms with Crippen LogP contribution in [0.15, 0.2) is 30.5 Å². The lowest BCUT2D eigenvalue weighted by Gasteiger charge is -2.16. The number of nitrogens with one attached hydrogen (secondary N) is 2. The first kappa shape index (κ1) is 14.6. The lowest BCUT2D eigenvalue weighted by Crippen LogP contribution is -2.42. The van der Waals surface area contributed by atoms with Crippen LogP contribution in [-0.4, -0.2) is 36.7 Å². The molecule has 5 heteroatoms. The van der Waals surface area contributed by atoms with Crippen LogP contribution in [0.3, 0.4) is 0 Å². The molecule has 0 aliphatic rings. The predicted molar refractivity (Wildman–Crippen MR) is 79.5 cm³/mol. The molecule has 0 fully saturated rings. The van der Waals surface area contributed by atoms with Crippen LogP contribution in [0.1, 0.15) is 12.5 Å². The van der Waals surface area contributed by atoms with E-state index < -0.39 is 0 Å². The Balaban J connectivity index is 2.15. The number of esters is 1. The molecule has 108 valence electrons. The highest BCUT2D eigenvalue weighted by atomic mass is 16.5. The Labute approximate surface area is 118 Å². The van der Waals surface area contributed by atoms with E-state index in [9.17, 15) is 4.79 Å². The van der Waals surface area contributed by atoms with Crippen molar-refractivity contribution in [2.45, 2.75) is 19.4 Å². The van der Waals surface area contributed by atoms with Gasteiger partial charge in [0, 0.05) is 36.6 Å². The lowest BCUT2D eigenvalue weighted by atomic mass is 10.0. The molecule has 2 rings (SSSR count). The van der Waals surface area contributed by atoms with Crippen LogP contribution in [0, 0.1) is 0 Å². The number of carbonyl (C=O) groups excluding carboxylic acids is 1. The quantitative estimate of drug-likeness (QED) is 0.663. The number of hydrogen-bond donors (Lipinski definition) is 3. The monoisotopic (exact) mass is 275 g/mol. The minimum atomic E-state index is -0.363. The largest absolute Gasteiger partial charge is 0.465 e. The number of fused-ring (bicyclic) bond motifs is 1. The summed E-state index contributed by atoms with van der Waals surface area (Å²) in [4.78, 5) is 15.2. The van der Waals surface area contributed by atoms with Crippen LogP contribution in [0.4, 0.5) is 0 Å². The smallest absolute Gasteiger partial charge is 0.323 e. The number of ether oxygens (including phenoxy) is 1. The summed E-state index contributed by atoms with van der Waals surface area (Å²) in [6.45, 7) is 3.27. The van der Waals surface area contributed by atoms with Crippen molar-refractivity contribution in [1.29, 1.82) is 0 Å². The number of hydrogen-bond acceptors (Lipinski definition) is 4. The molecule has 1 atom stereocenters. The van der Waals surface area contributed by atoms with E-state index in [0.29, 0.717) is 26.1 Å². The molecule has 1 aromatic carbocycles. The molecule has 0 saturated carbocycles. The first-order chi connectivity index (χ1) is 9.76. The number of benzene rings is 1. The minimum Gasteiger partial charge on any atom is -0.465 e. The summed E-state index contributed by atoms with van der Waals surface area (Å²) in [6.07, 6.45) is 2.53. The molecule has 20 heavy (non-hydrogen) atoms. The van der Waals surface area contributed by atoms with Gasteiger partial charge in [-0.05, 0) is 18.6 Å². The van der Waals surface area contributed by atoms with Crippen molar-refractivity contribution in [3.8, 4) is 0 Å². The molecule has 5 nitrogen and oxygen atoms in total. The fourth-order valence-electron chi connectivity index (χ4n) is 2.26. The molecule has 1 heterocycles. The van der Waals surface area contributed by atoms with Crippen LogP contribution in [0.25, 0.3) is 10.9 Å². The second-order valence-corrected chi connectivity index (χ2v) is 4.61. The summed E-state index contributed by atoms with van der Waals surface area (Å²) in [5.41, 5.74) is 7.67. The second-order valence-electron chi connectivity index (χ2n) is 4.61. The van der Waals surface area contributed by atoms with Gasteiger partial charge in [-0.1, -0.05) is 18.2 Å². The van der Waals surface area contributed by atoms with Gasteiger partial charge in [-0.25, -0.2) is 0 Å². The summed E-state index contributed by atoms with van der Waals surface area (Å²) >= 11 is 0. The van der Waals surface area contributed by atoms with Crippen LogP contribution in [0.2, 0.25) is 0 Å². The van der Waals surface area contributed by atoms with Crippen LogP contribution < -0.4 is 11.1 Å². The van der Waals surface area contributed by atoms with E-state index in [-0.39, 0.29) is 12.0 Å². The molecule has 0 saturated heterocycles. The Morgan fingerprint density at radius 1 is 1.45 bits per heavy atom. The van der Waals surface area contributed by atoms with Gasteiger partial charge in [0.15, 0.2) is 0 Å². The van der Waals surface area contributed by atoms with E-state index in [1.807, 2.05) is 37.4 Å². The summed E-state index contributed by atoms with van der Waals surface area (Å²) in [6, 6.07) is 7.68. The van der Waals surface area contributed by atoms with Crippen molar-refractivity contribution in [3.05, 3.63) is 36.0 Å². The second kappa shape index (κ2) is 7.07. The SMILES string of the molecule is CCOC(=O)C(Cc1c[nH]c2ccccc12)NCCN. The van der Waals surface area contributed by atoms with Crippen molar-refractivity contribution >= 4 is 16.9 Å². The van der Waals surface area contributed by atoms with Gasteiger partial charge in [0.25, 0.3) is 0 Å². The van der Waals surface area contributed by atoms with E-state index in [0.717, 1.165) is 16.5 Å². The van der Waals surface area contributed by atoms with Gasteiger partial charge in [0.05, 0.1) is 6.61 Å². The van der Waals surface area contributed by atoms with Crippen molar-refractivity contribution in [3.63, 3.8) is 0 Å². The summed E-state index contributed by atoms with van der Waals surface area (Å²) in [5.74, 6) is -0.230.